The zero-order valence-corrected chi connectivity index (χ0v) is 15.4. The molecule has 0 spiro atoms. The highest BCUT2D eigenvalue weighted by Crippen LogP contribution is 2.27. The van der Waals surface area contributed by atoms with Gasteiger partial charge >= 0.3 is 0 Å². The summed E-state index contributed by atoms with van der Waals surface area (Å²) in [6.07, 6.45) is 0. The van der Waals surface area contributed by atoms with Crippen molar-refractivity contribution in [3.05, 3.63) is 53.1 Å². The molecule has 0 saturated carbocycles. The number of nitrogens with one attached hydrogen (secondary N) is 1. The summed E-state index contributed by atoms with van der Waals surface area (Å²) in [5.74, 6) is 1.55. The van der Waals surface area contributed by atoms with Crippen molar-refractivity contribution in [2.45, 2.75) is 26.8 Å². The third-order valence-electron chi connectivity index (χ3n) is 4.10. The van der Waals surface area contributed by atoms with Gasteiger partial charge in [-0.25, -0.2) is 0 Å². The Morgan fingerprint density at radius 2 is 1.56 bits per heavy atom. The highest BCUT2D eigenvalue weighted by atomic mass is 16.5. The molecule has 0 unspecified atom stereocenters. The maximum atomic E-state index is 12.2. The van der Waals surface area contributed by atoms with E-state index in [9.17, 15) is 4.79 Å². The molecular formula is C20H25NO4. The zero-order valence-electron chi connectivity index (χ0n) is 15.4. The summed E-state index contributed by atoms with van der Waals surface area (Å²) in [4.78, 5) is 12.2. The molecule has 0 radical (unpaired) electrons. The van der Waals surface area contributed by atoms with E-state index >= 15 is 0 Å². The molecule has 0 heterocycles. The van der Waals surface area contributed by atoms with Gasteiger partial charge in [-0.05, 0) is 37.5 Å². The first-order valence-corrected chi connectivity index (χ1v) is 8.15. The number of amides is 1. The SMILES string of the molecule is COc1cc(OC)cc(OCC(=O)N[C@H](C)c2ccc(C)c(C)c2)c1. The van der Waals surface area contributed by atoms with Crippen LogP contribution in [0.3, 0.4) is 0 Å². The maximum Gasteiger partial charge on any atom is 0.258 e. The number of hydrogen-bond acceptors (Lipinski definition) is 4. The van der Waals surface area contributed by atoms with Crippen LogP contribution in [0.15, 0.2) is 36.4 Å². The summed E-state index contributed by atoms with van der Waals surface area (Å²) >= 11 is 0. The third kappa shape index (κ3) is 5.14. The average Bonchev–Trinajstić information content (AvgIpc) is 2.61. The van der Waals surface area contributed by atoms with Gasteiger partial charge in [-0.3, -0.25) is 4.79 Å². The lowest BCUT2D eigenvalue weighted by Crippen LogP contribution is -2.31. The molecule has 1 amide bonds. The third-order valence-corrected chi connectivity index (χ3v) is 4.10. The predicted octanol–water partition coefficient (Wildman–Crippen LogP) is 3.58. The molecule has 25 heavy (non-hydrogen) atoms. The molecule has 0 aliphatic carbocycles. The number of benzene rings is 2. The number of methoxy groups -OCH3 is 2. The number of carbonyl (C=O) groups is 1. The van der Waals surface area contributed by atoms with Crippen LogP contribution < -0.4 is 19.5 Å². The number of rotatable bonds is 7. The molecule has 1 N–H and O–H groups in total. The van der Waals surface area contributed by atoms with E-state index in [4.69, 9.17) is 14.2 Å². The first kappa shape index (κ1) is 18.6. The molecule has 1 atom stereocenters. The standard InChI is InChI=1S/C20H25NO4/c1-13-6-7-16(8-14(13)2)15(3)21-20(22)12-25-19-10-17(23-4)9-18(11-19)24-5/h6-11,15H,12H2,1-5H3,(H,21,22)/t15-/m1/s1. The Kier molecular flexibility index (Phi) is 6.28. The fraction of sp³-hybridized carbons (Fsp3) is 0.350. The Morgan fingerprint density at radius 3 is 2.12 bits per heavy atom. The van der Waals surface area contributed by atoms with Gasteiger partial charge in [-0.1, -0.05) is 18.2 Å². The molecular weight excluding hydrogens is 318 g/mol. The monoisotopic (exact) mass is 343 g/mol. The van der Waals surface area contributed by atoms with Crippen molar-refractivity contribution in [2.75, 3.05) is 20.8 Å². The topological polar surface area (TPSA) is 56.8 Å². The second-order valence-electron chi connectivity index (χ2n) is 5.97. The smallest absolute Gasteiger partial charge is 0.258 e. The quantitative estimate of drug-likeness (QED) is 0.835. The largest absolute Gasteiger partial charge is 0.496 e. The van der Waals surface area contributed by atoms with E-state index in [-0.39, 0.29) is 18.6 Å². The molecule has 0 bridgehead atoms. The first-order chi connectivity index (χ1) is 11.9. The molecule has 5 nitrogen and oxygen atoms in total. The van der Waals surface area contributed by atoms with Crippen LogP contribution in [-0.4, -0.2) is 26.7 Å². The normalized spacial score (nSPS) is 11.6. The fourth-order valence-corrected chi connectivity index (χ4v) is 2.41. The highest BCUT2D eigenvalue weighted by molar-refractivity contribution is 5.78. The minimum Gasteiger partial charge on any atom is -0.496 e. The van der Waals surface area contributed by atoms with Gasteiger partial charge in [0.1, 0.15) is 17.2 Å². The molecule has 0 saturated heterocycles. The van der Waals surface area contributed by atoms with Crippen LogP contribution >= 0.6 is 0 Å². The minimum atomic E-state index is -0.187. The van der Waals surface area contributed by atoms with E-state index in [1.165, 1.54) is 11.1 Å². The Hall–Kier alpha value is -2.69. The molecule has 134 valence electrons. The Morgan fingerprint density at radius 1 is 0.960 bits per heavy atom. The summed E-state index contributed by atoms with van der Waals surface area (Å²) in [7, 11) is 3.13. The lowest BCUT2D eigenvalue weighted by molar-refractivity contribution is -0.123. The fourth-order valence-electron chi connectivity index (χ4n) is 2.41. The minimum absolute atomic E-state index is 0.0779. The van der Waals surface area contributed by atoms with Gasteiger partial charge in [-0.2, -0.15) is 0 Å². The van der Waals surface area contributed by atoms with Gasteiger partial charge in [0.15, 0.2) is 6.61 Å². The van der Waals surface area contributed by atoms with Crippen molar-refractivity contribution < 1.29 is 19.0 Å². The Balaban J connectivity index is 1.95. The molecule has 0 aliphatic heterocycles. The van der Waals surface area contributed by atoms with E-state index in [2.05, 4.69) is 31.3 Å². The van der Waals surface area contributed by atoms with Gasteiger partial charge in [0.25, 0.3) is 5.91 Å². The van der Waals surface area contributed by atoms with E-state index in [1.54, 1.807) is 32.4 Å². The predicted molar refractivity (Wildman–Crippen MR) is 97.5 cm³/mol. The van der Waals surface area contributed by atoms with Gasteiger partial charge in [0.2, 0.25) is 0 Å². The Labute approximate surface area is 148 Å². The first-order valence-electron chi connectivity index (χ1n) is 8.15. The van der Waals surface area contributed by atoms with E-state index in [1.807, 2.05) is 13.0 Å². The second-order valence-corrected chi connectivity index (χ2v) is 5.97. The number of aryl methyl sites for hydroxylation is 2. The van der Waals surface area contributed by atoms with Crippen molar-refractivity contribution in [3.8, 4) is 17.2 Å². The average molecular weight is 343 g/mol. The molecule has 0 fully saturated rings. The van der Waals surface area contributed by atoms with Crippen LogP contribution in [0.5, 0.6) is 17.2 Å². The van der Waals surface area contributed by atoms with E-state index < -0.39 is 0 Å². The van der Waals surface area contributed by atoms with Crippen LogP contribution in [-0.2, 0) is 4.79 Å². The molecule has 0 aliphatic rings. The summed E-state index contributed by atoms with van der Waals surface area (Å²) < 4.78 is 15.9. The van der Waals surface area contributed by atoms with Crippen molar-refractivity contribution in [2.24, 2.45) is 0 Å². The van der Waals surface area contributed by atoms with Gasteiger partial charge < -0.3 is 19.5 Å². The molecule has 2 rings (SSSR count). The molecule has 2 aromatic carbocycles. The lowest BCUT2D eigenvalue weighted by Gasteiger charge is -2.16. The van der Waals surface area contributed by atoms with Crippen LogP contribution in [0.1, 0.15) is 29.7 Å². The number of ether oxygens (including phenoxy) is 3. The summed E-state index contributed by atoms with van der Waals surface area (Å²) in [5, 5.41) is 2.94. The van der Waals surface area contributed by atoms with E-state index in [0.717, 1.165) is 5.56 Å². The lowest BCUT2D eigenvalue weighted by atomic mass is 10.0. The van der Waals surface area contributed by atoms with Crippen molar-refractivity contribution in [1.29, 1.82) is 0 Å². The van der Waals surface area contributed by atoms with Crippen LogP contribution in [0, 0.1) is 13.8 Å². The van der Waals surface area contributed by atoms with Crippen LogP contribution in [0.4, 0.5) is 0 Å². The van der Waals surface area contributed by atoms with Crippen LogP contribution in [0.2, 0.25) is 0 Å². The van der Waals surface area contributed by atoms with Gasteiger partial charge in [-0.15, -0.1) is 0 Å². The summed E-state index contributed by atoms with van der Waals surface area (Å²) in [6.45, 7) is 6.01. The molecule has 5 heteroatoms. The summed E-state index contributed by atoms with van der Waals surface area (Å²) in [5.41, 5.74) is 3.51. The van der Waals surface area contributed by atoms with Crippen LogP contribution in [0.25, 0.3) is 0 Å². The molecule has 0 aromatic heterocycles. The zero-order chi connectivity index (χ0) is 18.4. The van der Waals surface area contributed by atoms with Gasteiger partial charge in [0, 0.05) is 18.2 Å². The summed E-state index contributed by atoms with van der Waals surface area (Å²) in [6, 6.07) is 11.3. The second kappa shape index (κ2) is 8.42. The molecule has 2 aromatic rings. The number of hydrogen-bond donors (Lipinski definition) is 1. The van der Waals surface area contributed by atoms with Gasteiger partial charge in [0.05, 0.1) is 20.3 Å². The van der Waals surface area contributed by atoms with Crippen molar-refractivity contribution in [3.63, 3.8) is 0 Å². The van der Waals surface area contributed by atoms with E-state index in [0.29, 0.717) is 17.2 Å². The Bertz CT molecular complexity index is 720. The number of carbonyl (C=O) groups excluding carboxylic acids is 1. The maximum absolute atomic E-state index is 12.2. The van der Waals surface area contributed by atoms with Crippen molar-refractivity contribution >= 4 is 5.91 Å². The highest BCUT2D eigenvalue weighted by Gasteiger charge is 2.11. The van der Waals surface area contributed by atoms with Crippen molar-refractivity contribution in [1.82, 2.24) is 5.32 Å².